The monoisotopic (exact) mass is 350 g/mol. The number of thioether (sulfide) groups is 1. The molecular weight excluding hydrogens is 328 g/mol. The van der Waals surface area contributed by atoms with Crippen LogP contribution in [0.5, 0.6) is 5.75 Å². The predicted octanol–water partition coefficient (Wildman–Crippen LogP) is 2.42. The number of hydrogen-bond acceptors (Lipinski definition) is 5. The minimum atomic E-state index is -0.244. The van der Waals surface area contributed by atoms with Crippen LogP contribution in [0.1, 0.15) is 25.3 Å². The molecule has 24 heavy (non-hydrogen) atoms. The second-order valence-corrected chi connectivity index (χ2v) is 6.30. The summed E-state index contributed by atoms with van der Waals surface area (Å²) < 4.78 is 6.81. The number of aryl methyl sites for hydroxylation is 1. The van der Waals surface area contributed by atoms with Gasteiger partial charge >= 0.3 is 5.69 Å². The van der Waals surface area contributed by atoms with Crippen LogP contribution in [0.15, 0.2) is 28.2 Å². The molecule has 0 saturated carbocycles. The van der Waals surface area contributed by atoms with Crippen molar-refractivity contribution >= 4 is 23.4 Å². The van der Waals surface area contributed by atoms with Gasteiger partial charge in [0.15, 0.2) is 5.16 Å². The van der Waals surface area contributed by atoms with Gasteiger partial charge in [-0.3, -0.25) is 9.36 Å². The Hall–Kier alpha value is -2.22. The second kappa shape index (κ2) is 8.58. The first-order valence-corrected chi connectivity index (χ1v) is 8.76. The molecule has 1 heterocycles. The molecule has 130 valence electrons. The number of ether oxygens (including phenoxy) is 1. The number of rotatable bonds is 8. The number of aromatic amines is 1. The molecule has 1 aromatic heterocycles. The summed E-state index contributed by atoms with van der Waals surface area (Å²) >= 11 is 1.23. The van der Waals surface area contributed by atoms with Gasteiger partial charge in [0.05, 0.1) is 18.6 Å². The summed E-state index contributed by atoms with van der Waals surface area (Å²) in [5.41, 5.74) is 1.42. The van der Waals surface area contributed by atoms with E-state index in [1.54, 1.807) is 11.7 Å². The van der Waals surface area contributed by atoms with Gasteiger partial charge in [0, 0.05) is 6.54 Å². The highest BCUT2D eigenvalue weighted by molar-refractivity contribution is 7.99. The molecule has 0 fully saturated rings. The van der Waals surface area contributed by atoms with Crippen LogP contribution in [0.3, 0.4) is 0 Å². The van der Waals surface area contributed by atoms with E-state index in [1.807, 2.05) is 25.1 Å². The van der Waals surface area contributed by atoms with Crippen LogP contribution in [0, 0.1) is 6.92 Å². The zero-order chi connectivity index (χ0) is 17.5. The van der Waals surface area contributed by atoms with Gasteiger partial charge < -0.3 is 10.1 Å². The van der Waals surface area contributed by atoms with Gasteiger partial charge in [-0.15, -0.1) is 5.10 Å². The van der Waals surface area contributed by atoms with Crippen LogP contribution in [-0.2, 0) is 11.3 Å². The zero-order valence-electron chi connectivity index (χ0n) is 14.1. The molecule has 0 aliphatic rings. The van der Waals surface area contributed by atoms with E-state index in [9.17, 15) is 9.59 Å². The average Bonchev–Trinajstić information content (AvgIpc) is 2.91. The first-order chi connectivity index (χ1) is 11.5. The van der Waals surface area contributed by atoms with E-state index >= 15 is 0 Å². The standard InChI is InChI=1S/C16H22N4O3S/c1-4-5-8-20-15(22)18-19-16(20)24-10-14(21)17-12-9-11(2)6-7-13(12)23-3/h6-7,9H,4-5,8,10H2,1-3H3,(H,17,21)(H,18,22). The number of unbranched alkanes of at least 4 members (excludes halogenated alkanes) is 1. The maximum atomic E-state index is 12.2. The van der Waals surface area contributed by atoms with Crippen molar-refractivity contribution in [3.05, 3.63) is 34.2 Å². The van der Waals surface area contributed by atoms with Gasteiger partial charge in [-0.2, -0.15) is 0 Å². The summed E-state index contributed by atoms with van der Waals surface area (Å²) in [6.45, 7) is 4.60. The van der Waals surface area contributed by atoms with Crippen molar-refractivity contribution in [2.75, 3.05) is 18.2 Å². The number of methoxy groups -OCH3 is 1. The number of aromatic nitrogens is 3. The third kappa shape index (κ3) is 4.64. The molecule has 0 unspecified atom stereocenters. The number of carbonyl (C=O) groups excluding carboxylic acids is 1. The fourth-order valence-electron chi connectivity index (χ4n) is 2.16. The van der Waals surface area contributed by atoms with E-state index in [0.29, 0.717) is 23.1 Å². The summed E-state index contributed by atoms with van der Waals surface area (Å²) in [6.07, 6.45) is 1.87. The lowest BCUT2D eigenvalue weighted by Crippen LogP contribution is -2.19. The molecule has 0 spiro atoms. The van der Waals surface area contributed by atoms with Gasteiger partial charge in [-0.05, 0) is 31.0 Å². The van der Waals surface area contributed by atoms with Crippen molar-refractivity contribution in [2.45, 2.75) is 38.4 Å². The summed E-state index contributed by atoms with van der Waals surface area (Å²) in [4.78, 5) is 23.9. The maximum absolute atomic E-state index is 12.2. The van der Waals surface area contributed by atoms with Crippen LogP contribution in [0.25, 0.3) is 0 Å². The smallest absolute Gasteiger partial charge is 0.343 e. The van der Waals surface area contributed by atoms with Gasteiger partial charge in [0.1, 0.15) is 5.75 Å². The molecule has 2 N–H and O–H groups in total. The molecule has 8 heteroatoms. The number of nitrogens with one attached hydrogen (secondary N) is 2. The SMILES string of the molecule is CCCCn1c(SCC(=O)Nc2cc(C)ccc2OC)n[nH]c1=O. The minimum Gasteiger partial charge on any atom is -0.495 e. The number of hydrogen-bond donors (Lipinski definition) is 2. The Morgan fingerprint density at radius 2 is 2.25 bits per heavy atom. The van der Waals surface area contributed by atoms with E-state index in [2.05, 4.69) is 22.4 Å². The van der Waals surface area contributed by atoms with Gasteiger partial charge in [-0.25, -0.2) is 9.89 Å². The molecule has 1 aromatic carbocycles. The van der Waals surface area contributed by atoms with Crippen molar-refractivity contribution in [3.8, 4) is 5.75 Å². The topological polar surface area (TPSA) is 89.0 Å². The Morgan fingerprint density at radius 1 is 1.46 bits per heavy atom. The Morgan fingerprint density at radius 3 is 2.96 bits per heavy atom. The summed E-state index contributed by atoms with van der Waals surface area (Å²) in [6, 6.07) is 5.58. The Labute approximate surface area is 144 Å². The zero-order valence-corrected chi connectivity index (χ0v) is 14.9. The van der Waals surface area contributed by atoms with E-state index in [1.165, 1.54) is 11.8 Å². The molecular formula is C16H22N4O3S. The van der Waals surface area contributed by atoms with Crippen LogP contribution < -0.4 is 15.7 Å². The number of nitrogens with zero attached hydrogens (tertiary/aromatic N) is 2. The van der Waals surface area contributed by atoms with Gasteiger partial charge in [0.2, 0.25) is 5.91 Å². The molecule has 2 aromatic rings. The predicted molar refractivity (Wildman–Crippen MR) is 94.8 cm³/mol. The number of H-pyrrole nitrogens is 1. The van der Waals surface area contributed by atoms with E-state index in [-0.39, 0.29) is 17.3 Å². The van der Waals surface area contributed by atoms with E-state index in [0.717, 1.165) is 18.4 Å². The quantitative estimate of drug-likeness (QED) is 0.714. The lowest BCUT2D eigenvalue weighted by Gasteiger charge is -2.11. The average molecular weight is 350 g/mol. The molecule has 0 atom stereocenters. The highest BCUT2D eigenvalue weighted by Crippen LogP contribution is 2.25. The van der Waals surface area contributed by atoms with Crippen LogP contribution in [0.4, 0.5) is 5.69 Å². The molecule has 0 saturated heterocycles. The van der Waals surface area contributed by atoms with Crippen molar-refractivity contribution in [3.63, 3.8) is 0 Å². The lowest BCUT2D eigenvalue weighted by molar-refractivity contribution is -0.113. The van der Waals surface area contributed by atoms with Crippen molar-refractivity contribution < 1.29 is 9.53 Å². The fraction of sp³-hybridized carbons (Fsp3) is 0.438. The van der Waals surface area contributed by atoms with E-state index in [4.69, 9.17) is 4.74 Å². The highest BCUT2D eigenvalue weighted by atomic mass is 32.2. The number of amides is 1. The Bertz CT molecular complexity index is 754. The summed E-state index contributed by atoms with van der Waals surface area (Å²) in [5.74, 6) is 0.591. The third-order valence-corrected chi connectivity index (χ3v) is 4.40. The first-order valence-electron chi connectivity index (χ1n) is 7.77. The molecule has 2 rings (SSSR count). The van der Waals surface area contributed by atoms with Crippen molar-refractivity contribution in [1.29, 1.82) is 0 Å². The van der Waals surface area contributed by atoms with Gasteiger partial charge in [-0.1, -0.05) is 31.2 Å². The Kier molecular flexibility index (Phi) is 6.48. The highest BCUT2D eigenvalue weighted by Gasteiger charge is 2.12. The van der Waals surface area contributed by atoms with Crippen molar-refractivity contribution in [2.24, 2.45) is 0 Å². The minimum absolute atomic E-state index is 0.160. The summed E-state index contributed by atoms with van der Waals surface area (Å²) in [7, 11) is 1.56. The molecule has 0 radical (unpaired) electrons. The number of carbonyl (C=O) groups is 1. The van der Waals surface area contributed by atoms with Crippen LogP contribution in [-0.4, -0.2) is 33.5 Å². The number of anilines is 1. The first kappa shape index (κ1) is 18.1. The third-order valence-electron chi connectivity index (χ3n) is 3.42. The molecule has 0 aliphatic heterocycles. The molecule has 0 aliphatic carbocycles. The number of benzene rings is 1. The molecule has 1 amide bonds. The lowest BCUT2D eigenvalue weighted by atomic mass is 10.2. The molecule has 7 nitrogen and oxygen atoms in total. The molecule has 0 bridgehead atoms. The van der Waals surface area contributed by atoms with Crippen LogP contribution in [0.2, 0.25) is 0 Å². The second-order valence-electron chi connectivity index (χ2n) is 5.36. The van der Waals surface area contributed by atoms with Gasteiger partial charge in [0.25, 0.3) is 0 Å². The maximum Gasteiger partial charge on any atom is 0.343 e. The van der Waals surface area contributed by atoms with Crippen LogP contribution >= 0.6 is 11.8 Å². The van der Waals surface area contributed by atoms with E-state index < -0.39 is 0 Å². The largest absolute Gasteiger partial charge is 0.495 e. The Balaban J connectivity index is 1.99. The normalized spacial score (nSPS) is 10.6. The summed E-state index contributed by atoms with van der Waals surface area (Å²) in [5, 5.41) is 9.77. The van der Waals surface area contributed by atoms with Crippen molar-refractivity contribution in [1.82, 2.24) is 14.8 Å². The fourth-order valence-corrected chi connectivity index (χ4v) is 2.94.